The van der Waals surface area contributed by atoms with E-state index in [2.05, 4.69) is 23.2 Å². The highest BCUT2D eigenvalue weighted by atomic mass is 32.1. The predicted octanol–water partition coefficient (Wildman–Crippen LogP) is 3.51. The molecule has 2 aliphatic rings. The summed E-state index contributed by atoms with van der Waals surface area (Å²) in [5, 5.41) is 4.19. The molecular formula is C23H30N4O2S. The fourth-order valence-corrected chi connectivity index (χ4v) is 5.51. The molecule has 0 spiro atoms. The van der Waals surface area contributed by atoms with Crippen LogP contribution in [0, 0.1) is 5.92 Å². The van der Waals surface area contributed by atoms with Crippen molar-refractivity contribution in [1.29, 1.82) is 0 Å². The van der Waals surface area contributed by atoms with E-state index >= 15 is 0 Å². The minimum atomic E-state index is -0.00487. The molecule has 2 heterocycles. The van der Waals surface area contributed by atoms with Gasteiger partial charge in [-0.05, 0) is 37.3 Å². The molecule has 1 aliphatic heterocycles. The maximum Gasteiger partial charge on any atom is 0.227 e. The maximum atomic E-state index is 12.9. The Morgan fingerprint density at radius 3 is 2.67 bits per heavy atom. The first-order chi connectivity index (χ1) is 14.6. The van der Waals surface area contributed by atoms with Crippen molar-refractivity contribution in [3.8, 4) is 0 Å². The Balaban J connectivity index is 1.38. The highest BCUT2D eigenvalue weighted by molar-refractivity contribution is 7.15. The SMILES string of the molecule is CCC(=O)N1CCN(c2nc3c(s2)C[C@H](C(=O)Nc2ccccc2CC)CC3)CC1. The minimum Gasteiger partial charge on any atom is -0.345 e. The van der Waals surface area contributed by atoms with Crippen LogP contribution < -0.4 is 10.2 Å². The van der Waals surface area contributed by atoms with E-state index in [-0.39, 0.29) is 17.7 Å². The van der Waals surface area contributed by atoms with Gasteiger partial charge in [-0.15, -0.1) is 11.3 Å². The minimum absolute atomic E-state index is 0.00487. The molecule has 0 unspecified atom stereocenters. The van der Waals surface area contributed by atoms with Gasteiger partial charge < -0.3 is 15.1 Å². The summed E-state index contributed by atoms with van der Waals surface area (Å²) in [6, 6.07) is 8.03. The predicted molar refractivity (Wildman–Crippen MR) is 121 cm³/mol. The molecule has 160 valence electrons. The third-order valence-corrected chi connectivity index (χ3v) is 7.34. The topological polar surface area (TPSA) is 65.5 Å². The van der Waals surface area contributed by atoms with E-state index in [4.69, 9.17) is 4.98 Å². The van der Waals surface area contributed by atoms with Gasteiger partial charge in [0.2, 0.25) is 11.8 Å². The lowest BCUT2D eigenvalue weighted by Gasteiger charge is -2.34. The third-order valence-electron chi connectivity index (χ3n) is 6.16. The summed E-state index contributed by atoms with van der Waals surface area (Å²) in [5.41, 5.74) is 3.25. The molecule has 0 bridgehead atoms. The van der Waals surface area contributed by atoms with Crippen LogP contribution in [-0.4, -0.2) is 47.9 Å². The molecule has 1 N–H and O–H groups in total. The molecule has 0 radical (unpaired) electrons. The quantitative estimate of drug-likeness (QED) is 0.795. The summed E-state index contributed by atoms with van der Waals surface area (Å²) in [6.45, 7) is 7.20. The van der Waals surface area contributed by atoms with Crippen molar-refractivity contribution in [2.75, 3.05) is 36.4 Å². The summed E-state index contributed by atoms with van der Waals surface area (Å²) in [6.07, 6.45) is 3.93. The number of nitrogens with zero attached hydrogens (tertiary/aromatic N) is 3. The smallest absolute Gasteiger partial charge is 0.227 e. The largest absolute Gasteiger partial charge is 0.345 e. The molecule has 1 aliphatic carbocycles. The fourth-order valence-electron chi connectivity index (χ4n) is 4.28. The summed E-state index contributed by atoms with van der Waals surface area (Å²) in [4.78, 5) is 35.2. The average Bonchev–Trinajstić information content (AvgIpc) is 3.22. The second-order valence-electron chi connectivity index (χ2n) is 8.03. The first-order valence-electron chi connectivity index (χ1n) is 11.0. The van der Waals surface area contributed by atoms with Crippen molar-refractivity contribution in [1.82, 2.24) is 9.88 Å². The van der Waals surface area contributed by atoms with Gasteiger partial charge in [0.05, 0.1) is 5.69 Å². The molecule has 2 aromatic rings. The number of hydrogen-bond donors (Lipinski definition) is 1. The van der Waals surface area contributed by atoms with Crippen molar-refractivity contribution in [3.63, 3.8) is 0 Å². The van der Waals surface area contributed by atoms with Crippen molar-refractivity contribution < 1.29 is 9.59 Å². The number of nitrogens with one attached hydrogen (secondary N) is 1. The Bertz CT molecular complexity index is 918. The molecule has 4 rings (SSSR count). The van der Waals surface area contributed by atoms with Crippen LogP contribution in [-0.2, 0) is 28.9 Å². The van der Waals surface area contributed by atoms with E-state index in [0.29, 0.717) is 6.42 Å². The van der Waals surface area contributed by atoms with Gasteiger partial charge in [-0.3, -0.25) is 9.59 Å². The average molecular weight is 427 g/mol. The Kier molecular flexibility index (Phi) is 6.37. The maximum absolute atomic E-state index is 12.9. The number of fused-ring (bicyclic) bond motifs is 1. The van der Waals surface area contributed by atoms with Gasteiger partial charge in [0.25, 0.3) is 0 Å². The van der Waals surface area contributed by atoms with E-state index in [1.807, 2.05) is 30.0 Å². The summed E-state index contributed by atoms with van der Waals surface area (Å²) >= 11 is 1.72. The normalized spacial score (nSPS) is 18.8. The van der Waals surface area contributed by atoms with Crippen LogP contribution in [0.4, 0.5) is 10.8 Å². The number of amides is 2. The van der Waals surface area contributed by atoms with Crippen LogP contribution in [0.25, 0.3) is 0 Å². The summed E-state index contributed by atoms with van der Waals surface area (Å²) < 4.78 is 0. The molecule has 2 amide bonds. The zero-order chi connectivity index (χ0) is 21.1. The standard InChI is InChI=1S/C23H30N4O2S/c1-3-16-7-5-6-8-18(16)24-22(29)17-9-10-19-20(15-17)30-23(25-19)27-13-11-26(12-14-27)21(28)4-2/h5-8,17H,3-4,9-15H2,1-2H3,(H,24,29)/t17-/m1/s1. The van der Waals surface area contributed by atoms with Gasteiger partial charge in [0.1, 0.15) is 0 Å². The van der Waals surface area contributed by atoms with Crippen LogP contribution in [0.2, 0.25) is 0 Å². The van der Waals surface area contributed by atoms with Crippen LogP contribution in [0.1, 0.15) is 42.8 Å². The molecule has 1 atom stereocenters. The highest BCUT2D eigenvalue weighted by Crippen LogP contribution is 2.35. The summed E-state index contributed by atoms with van der Waals surface area (Å²) in [7, 11) is 0. The lowest BCUT2D eigenvalue weighted by Crippen LogP contribution is -2.48. The van der Waals surface area contributed by atoms with Gasteiger partial charge in [0, 0.05) is 49.1 Å². The molecule has 7 heteroatoms. The van der Waals surface area contributed by atoms with Crippen molar-refractivity contribution in [2.24, 2.45) is 5.92 Å². The Morgan fingerprint density at radius 2 is 1.93 bits per heavy atom. The van der Waals surface area contributed by atoms with Gasteiger partial charge >= 0.3 is 0 Å². The molecule has 0 saturated carbocycles. The number of para-hydroxylation sites is 1. The van der Waals surface area contributed by atoms with Crippen molar-refractivity contribution in [3.05, 3.63) is 40.4 Å². The third kappa shape index (κ3) is 4.36. The molecule has 1 fully saturated rings. The number of carbonyl (C=O) groups excluding carboxylic acids is 2. The van der Waals surface area contributed by atoms with Gasteiger partial charge in [-0.1, -0.05) is 32.0 Å². The molecule has 1 aromatic heterocycles. The van der Waals surface area contributed by atoms with E-state index in [1.165, 1.54) is 10.4 Å². The van der Waals surface area contributed by atoms with Crippen molar-refractivity contribution >= 4 is 34.0 Å². The van der Waals surface area contributed by atoms with E-state index in [9.17, 15) is 9.59 Å². The molecule has 6 nitrogen and oxygen atoms in total. The van der Waals surface area contributed by atoms with Gasteiger partial charge in [0.15, 0.2) is 5.13 Å². The number of benzene rings is 1. The molecule has 1 saturated heterocycles. The number of aryl methyl sites for hydroxylation is 2. The number of hydrogen-bond acceptors (Lipinski definition) is 5. The van der Waals surface area contributed by atoms with Crippen LogP contribution in [0.5, 0.6) is 0 Å². The van der Waals surface area contributed by atoms with Crippen molar-refractivity contribution in [2.45, 2.75) is 46.0 Å². The lowest BCUT2D eigenvalue weighted by atomic mass is 9.90. The monoisotopic (exact) mass is 426 g/mol. The first kappa shape index (κ1) is 20.8. The van der Waals surface area contributed by atoms with Gasteiger partial charge in [-0.25, -0.2) is 4.98 Å². The van der Waals surface area contributed by atoms with E-state index in [1.54, 1.807) is 11.3 Å². The second kappa shape index (κ2) is 9.16. The van der Waals surface area contributed by atoms with Crippen LogP contribution in [0.15, 0.2) is 24.3 Å². The van der Waals surface area contributed by atoms with Crippen LogP contribution in [0.3, 0.4) is 0 Å². The zero-order valence-corrected chi connectivity index (χ0v) is 18.6. The summed E-state index contributed by atoms with van der Waals surface area (Å²) in [5.74, 6) is 0.338. The van der Waals surface area contributed by atoms with E-state index in [0.717, 1.165) is 68.4 Å². The number of rotatable bonds is 5. The lowest BCUT2D eigenvalue weighted by molar-refractivity contribution is -0.131. The zero-order valence-electron chi connectivity index (χ0n) is 17.8. The Labute approximate surface area is 182 Å². The van der Waals surface area contributed by atoms with Gasteiger partial charge in [-0.2, -0.15) is 0 Å². The molecule has 30 heavy (non-hydrogen) atoms. The number of piperazine rings is 1. The first-order valence-corrected chi connectivity index (χ1v) is 11.8. The van der Waals surface area contributed by atoms with Crippen LogP contribution >= 0.6 is 11.3 Å². The number of carbonyl (C=O) groups is 2. The fraction of sp³-hybridized carbons (Fsp3) is 0.522. The number of anilines is 2. The Morgan fingerprint density at radius 1 is 1.17 bits per heavy atom. The molecular weight excluding hydrogens is 396 g/mol. The Hall–Kier alpha value is -2.41. The highest BCUT2D eigenvalue weighted by Gasteiger charge is 2.30. The number of aromatic nitrogens is 1. The number of thiazole rings is 1. The van der Waals surface area contributed by atoms with E-state index < -0.39 is 0 Å². The molecule has 1 aromatic carbocycles. The second-order valence-corrected chi connectivity index (χ2v) is 9.09.